The fourth-order valence-electron chi connectivity index (χ4n) is 4.30. The minimum Gasteiger partial charge on any atom is -0.341 e. The number of aromatic nitrogens is 1. The van der Waals surface area contributed by atoms with Gasteiger partial charge in [0, 0.05) is 34.3 Å². The molecule has 1 aromatic heterocycles. The van der Waals surface area contributed by atoms with Gasteiger partial charge >= 0.3 is 0 Å². The van der Waals surface area contributed by atoms with Crippen molar-refractivity contribution in [2.45, 2.75) is 25.8 Å². The number of para-hydroxylation sites is 1. The molecular formula is C25H23N3O. The lowest BCUT2D eigenvalue weighted by molar-refractivity contribution is -0.122. The van der Waals surface area contributed by atoms with Crippen molar-refractivity contribution >= 4 is 33.9 Å². The Balaban J connectivity index is 1.32. The zero-order valence-electron chi connectivity index (χ0n) is 16.4. The Labute approximate surface area is 169 Å². The normalized spacial score (nSPS) is 18.5. The number of hydrazone groups is 1. The molecule has 1 saturated carbocycles. The molecule has 3 aromatic carbocycles. The molecule has 0 unspecified atom stereocenters. The van der Waals surface area contributed by atoms with Crippen molar-refractivity contribution in [1.82, 2.24) is 9.99 Å². The number of fused-ring (bicyclic) bond motifs is 3. The van der Waals surface area contributed by atoms with E-state index in [1.165, 1.54) is 27.4 Å². The summed E-state index contributed by atoms with van der Waals surface area (Å²) in [4.78, 5) is 12.4. The second-order valence-corrected chi connectivity index (χ2v) is 7.63. The van der Waals surface area contributed by atoms with Crippen LogP contribution in [0.25, 0.3) is 21.8 Å². The molecule has 4 aromatic rings. The van der Waals surface area contributed by atoms with Gasteiger partial charge in [-0.1, -0.05) is 54.6 Å². The number of benzene rings is 3. The molecule has 1 fully saturated rings. The van der Waals surface area contributed by atoms with E-state index in [2.05, 4.69) is 70.5 Å². The molecule has 5 rings (SSSR count). The Kier molecular flexibility index (Phi) is 4.39. The SMILES string of the molecule is CCn1c2ccccc2c2cc(C=NNC(=O)[C@H]3C[C@H]3c3ccccc3)ccc21. The quantitative estimate of drug-likeness (QED) is 0.381. The molecule has 1 N–H and O–H groups in total. The number of rotatable bonds is 5. The highest BCUT2D eigenvalue weighted by molar-refractivity contribution is 6.09. The number of hydrogen-bond donors (Lipinski definition) is 1. The minimum atomic E-state index is -0.00114. The average Bonchev–Trinajstić information content (AvgIpc) is 3.51. The maximum absolute atomic E-state index is 12.4. The molecule has 1 aliphatic rings. The van der Waals surface area contributed by atoms with Crippen molar-refractivity contribution in [2.24, 2.45) is 11.0 Å². The van der Waals surface area contributed by atoms with E-state index in [1.54, 1.807) is 6.21 Å². The van der Waals surface area contributed by atoms with Crippen molar-refractivity contribution < 1.29 is 4.79 Å². The first-order valence-corrected chi connectivity index (χ1v) is 10.1. The Morgan fingerprint density at radius 1 is 1.03 bits per heavy atom. The van der Waals surface area contributed by atoms with Crippen LogP contribution in [0.2, 0.25) is 0 Å². The van der Waals surface area contributed by atoms with Gasteiger partial charge < -0.3 is 4.57 Å². The number of amides is 1. The third kappa shape index (κ3) is 3.21. The smallest absolute Gasteiger partial charge is 0.243 e. The molecule has 29 heavy (non-hydrogen) atoms. The summed E-state index contributed by atoms with van der Waals surface area (Å²) in [5.41, 5.74) is 7.39. The van der Waals surface area contributed by atoms with Gasteiger partial charge in [-0.15, -0.1) is 0 Å². The summed E-state index contributed by atoms with van der Waals surface area (Å²) in [7, 11) is 0. The Morgan fingerprint density at radius 2 is 1.79 bits per heavy atom. The second kappa shape index (κ2) is 7.21. The maximum atomic E-state index is 12.4. The summed E-state index contributed by atoms with van der Waals surface area (Å²) >= 11 is 0. The van der Waals surface area contributed by atoms with Gasteiger partial charge in [0.2, 0.25) is 5.91 Å². The van der Waals surface area contributed by atoms with Crippen LogP contribution >= 0.6 is 0 Å². The van der Waals surface area contributed by atoms with E-state index in [-0.39, 0.29) is 11.8 Å². The van der Waals surface area contributed by atoms with Gasteiger partial charge in [0.05, 0.1) is 6.21 Å². The first-order chi connectivity index (χ1) is 14.3. The molecule has 4 nitrogen and oxygen atoms in total. The molecule has 1 aliphatic carbocycles. The van der Waals surface area contributed by atoms with Crippen molar-refractivity contribution in [3.63, 3.8) is 0 Å². The summed E-state index contributed by atoms with van der Waals surface area (Å²) in [6.45, 7) is 3.09. The summed E-state index contributed by atoms with van der Waals surface area (Å²) < 4.78 is 2.32. The highest BCUT2D eigenvalue weighted by Gasteiger charge is 2.43. The lowest BCUT2D eigenvalue weighted by Gasteiger charge is -2.03. The Morgan fingerprint density at radius 3 is 2.62 bits per heavy atom. The van der Waals surface area contributed by atoms with E-state index >= 15 is 0 Å². The minimum absolute atomic E-state index is 0.00114. The lowest BCUT2D eigenvalue weighted by atomic mass is 10.1. The molecule has 0 bridgehead atoms. The molecule has 0 radical (unpaired) electrons. The average molecular weight is 381 g/mol. The predicted molar refractivity (Wildman–Crippen MR) is 118 cm³/mol. The Hall–Kier alpha value is -3.40. The fourth-order valence-corrected chi connectivity index (χ4v) is 4.30. The van der Waals surface area contributed by atoms with Gasteiger partial charge in [-0.2, -0.15) is 5.10 Å². The van der Waals surface area contributed by atoms with E-state index in [9.17, 15) is 4.79 Å². The summed E-state index contributed by atoms with van der Waals surface area (Å²) in [5, 5.41) is 6.67. The highest BCUT2D eigenvalue weighted by Crippen LogP contribution is 2.47. The van der Waals surface area contributed by atoms with E-state index in [4.69, 9.17) is 0 Å². The van der Waals surface area contributed by atoms with Crippen LogP contribution in [0.15, 0.2) is 77.9 Å². The molecule has 144 valence electrons. The second-order valence-electron chi connectivity index (χ2n) is 7.63. The summed E-state index contributed by atoms with van der Waals surface area (Å²) in [5.74, 6) is 0.348. The van der Waals surface area contributed by atoms with Crippen LogP contribution in [0.3, 0.4) is 0 Å². The van der Waals surface area contributed by atoms with Gasteiger partial charge in [0.25, 0.3) is 0 Å². The van der Waals surface area contributed by atoms with Crippen LogP contribution in [0.4, 0.5) is 0 Å². The number of nitrogens with zero attached hydrogens (tertiary/aromatic N) is 2. The van der Waals surface area contributed by atoms with Crippen LogP contribution in [0.1, 0.15) is 30.4 Å². The molecule has 0 saturated heterocycles. The topological polar surface area (TPSA) is 46.4 Å². The standard InChI is InChI=1S/C25H23N3O/c1-2-28-23-11-7-6-10-19(23)21-14-17(12-13-24(21)28)16-26-27-25(29)22-15-20(22)18-8-4-3-5-9-18/h3-14,16,20,22H,2,15H2,1H3,(H,27,29)/t20-,22-/m0/s1. The van der Waals surface area contributed by atoms with Gasteiger partial charge in [-0.05, 0) is 48.6 Å². The Bertz CT molecular complexity index is 1220. The maximum Gasteiger partial charge on any atom is 0.243 e. The van der Waals surface area contributed by atoms with Gasteiger partial charge in [-0.3, -0.25) is 4.79 Å². The molecule has 2 atom stereocenters. The van der Waals surface area contributed by atoms with Crippen molar-refractivity contribution in [3.05, 3.63) is 83.9 Å². The van der Waals surface area contributed by atoms with Crippen molar-refractivity contribution in [3.8, 4) is 0 Å². The molecule has 0 aliphatic heterocycles. The molecular weight excluding hydrogens is 358 g/mol. The fraction of sp³-hybridized carbons (Fsp3) is 0.200. The van der Waals surface area contributed by atoms with Gasteiger partial charge in [0.15, 0.2) is 0 Å². The first-order valence-electron chi connectivity index (χ1n) is 10.1. The van der Waals surface area contributed by atoms with Crippen molar-refractivity contribution in [2.75, 3.05) is 0 Å². The van der Waals surface area contributed by atoms with Crippen LogP contribution in [-0.4, -0.2) is 16.7 Å². The number of carbonyl (C=O) groups excluding carboxylic acids is 1. The van der Waals surface area contributed by atoms with Crippen LogP contribution in [0.5, 0.6) is 0 Å². The molecule has 0 spiro atoms. The van der Waals surface area contributed by atoms with Crippen molar-refractivity contribution in [1.29, 1.82) is 0 Å². The number of hydrogen-bond acceptors (Lipinski definition) is 2. The van der Waals surface area contributed by atoms with E-state index < -0.39 is 0 Å². The molecule has 1 amide bonds. The van der Waals surface area contributed by atoms with E-state index in [0.717, 1.165) is 18.5 Å². The van der Waals surface area contributed by atoms with E-state index in [0.29, 0.717) is 5.92 Å². The number of carbonyl (C=O) groups is 1. The van der Waals surface area contributed by atoms with Gasteiger partial charge in [-0.25, -0.2) is 5.43 Å². The highest BCUT2D eigenvalue weighted by atomic mass is 16.2. The lowest BCUT2D eigenvalue weighted by Crippen LogP contribution is -2.20. The van der Waals surface area contributed by atoms with Crippen LogP contribution in [-0.2, 0) is 11.3 Å². The summed E-state index contributed by atoms with van der Waals surface area (Å²) in [6.07, 6.45) is 2.63. The number of aryl methyl sites for hydroxylation is 1. The predicted octanol–water partition coefficient (Wildman–Crippen LogP) is 5.07. The zero-order chi connectivity index (χ0) is 19.8. The van der Waals surface area contributed by atoms with E-state index in [1.807, 2.05) is 24.3 Å². The third-order valence-electron chi connectivity index (χ3n) is 5.86. The monoisotopic (exact) mass is 381 g/mol. The molecule has 1 heterocycles. The van der Waals surface area contributed by atoms with Gasteiger partial charge in [0.1, 0.15) is 0 Å². The van der Waals surface area contributed by atoms with Crippen LogP contribution < -0.4 is 5.43 Å². The first kappa shape index (κ1) is 17.7. The molecule has 4 heteroatoms. The zero-order valence-corrected chi connectivity index (χ0v) is 16.4. The summed E-state index contributed by atoms with van der Waals surface area (Å²) in [6, 6.07) is 25.0. The number of nitrogens with one attached hydrogen (secondary N) is 1. The third-order valence-corrected chi connectivity index (χ3v) is 5.86. The largest absolute Gasteiger partial charge is 0.341 e. The van der Waals surface area contributed by atoms with Crippen LogP contribution in [0, 0.1) is 5.92 Å².